The summed E-state index contributed by atoms with van der Waals surface area (Å²) in [6.07, 6.45) is 1.31. The van der Waals surface area contributed by atoms with Gasteiger partial charge in [0, 0.05) is 5.56 Å². The summed E-state index contributed by atoms with van der Waals surface area (Å²) in [5.41, 5.74) is 1.71. The monoisotopic (exact) mass is 494 g/mol. The average molecular weight is 495 g/mol. The van der Waals surface area contributed by atoms with E-state index in [0.717, 1.165) is 10.5 Å². The Morgan fingerprint density at radius 1 is 1.06 bits per heavy atom. The van der Waals surface area contributed by atoms with Gasteiger partial charge in [0.2, 0.25) is 0 Å². The second-order valence-corrected chi connectivity index (χ2v) is 8.11. The van der Waals surface area contributed by atoms with Crippen molar-refractivity contribution in [2.45, 2.75) is 13.5 Å². The molecule has 7 nitrogen and oxygen atoms in total. The molecule has 0 aromatic heterocycles. The van der Waals surface area contributed by atoms with Gasteiger partial charge < -0.3 is 9.47 Å². The third-order valence-electron chi connectivity index (χ3n) is 5.29. The first-order valence-electron chi connectivity index (χ1n) is 10.5. The van der Waals surface area contributed by atoms with Crippen molar-refractivity contribution in [2.75, 3.05) is 12.0 Å². The molecule has 0 spiro atoms. The Labute approximate surface area is 205 Å². The van der Waals surface area contributed by atoms with Crippen LogP contribution in [0.5, 0.6) is 11.5 Å². The predicted molar refractivity (Wildman–Crippen MR) is 129 cm³/mol. The molecular weight excluding hydrogens is 475 g/mol. The standard InChI is InChI=1S/C26H20ClFN2O5/c1-15-7-9-18(10-8-15)30-25(32)19(24(31)29-26(30)33)11-16-12-20(27)23(22(13-16)34-2)35-14-17-5-3-4-6-21(17)28/h3-13H,14H2,1-2H3,(H,29,31,33)/b19-11+. The highest BCUT2D eigenvalue weighted by Gasteiger charge is 2.36. The molecule has 9 heteroatoms. The van der Waals surface area contributed by atoms with Crippen molar-refractivity contribution < 1.29 is 28.2 Å². The van der Waals surface area contributed by atoms with Crippen LogP contribution in [0.2, 0.25) is 5.02 Å². The molecule has 0 aliphatic carbocycles. The first-order valence-corrected chi connectivity index (χ1v) is 10.9. The molecule has 1 heterocycles. The first kappa shape index (κ1) is 24.0. The predicted octanol–water partition coefficient (Wildman–Crippen LogP) is 5.04. The van der Waals surface area contributed by atoms with E-state index in [0.29, 0.717) is 16.8 Å². The molecule has 35 heavy (non-hydrogen) atoms. The number of nitrogens with one attached hydrogen (secondary N) is 1. The fourth-order valence-electron chi connectivity index (χ4n) is 3.48. The molecule has 1 fully saturated rings. The molecule has 3 aromatic rings. The average Bonchev–Trinajstić information content (AvgIpc) is 2.83. The Hall–Kier alpha value is -4.17. The number of urea groups is 1. The summed E-state index contributed by atoms with van der Waals surface area (Å²) in [5.74, 6) is -1.64. The molecule has 0 bridgehead atoms. The molecule has 0 radical (unpaired) electrons. The topological polar surface area (TPSA) is 84.9 Å². The van der Waals surface area contributed by atoms with Crippen molar-refractivity contribution in [1.82, 2.24) is 5.32 Å². The summed E-state index contributed by atoms with van der Waals surface area (Å²) < 4.78 is 25.0. The van der Waals surface area contributed by atoms with Gasteiger partial charge in [0.05, 0.1) is 17.8 Å². The van der Waals surface area contributed by atoms with Crippen LogP contribution in [0.4, 0.5) is 14.9 Å². The number of imide groups is 2. The van der Waals surface area contributed by atoms with E-state index in [4.69, 9.17) is 21.1 Å². The lowest BCUT2D eigenvalue weighted by Gasteiger charge is -2.26. The highest BCUT2D eigenvalue weighted by atomic mass is 35.5. The van der Waals surface area contributed by atoms with Gasteiger partial charge in [-0.1, -0.05) is 47.5 Å². The maximum absolute atomic E-state index is 13.9. The second kappa shape index (κ2) is 9.99. The van der Waals surface area contributed by atoms with E-state index in [1.54, 1.807) is 42.5 Å². The normalized spacial score (nSPS) is 14.8. The van der Waals surface area contributed by atoms with Crippen LogP contribution in [0.1, 0.15) is 16.7 Å². The minimum Gasteiger partial charge on any atom is -0.493 e. The van der Waals surface area contributed by atoms with Gasteiger partial charge in [0.15, 0.2) is 11.5 Å². The van der Waals surface area contributed by atoms with Gasteiger partial charge in [-0.05, 0) is 48.9 Å². The molecule has 1 N–H and O–H groups in total. The molecule has 4 rings (SSSR count). The number of carbonyl (C=O) groups excluding carboxylic acids is 3. The Kier molecular flexibility index (Phi) is 6.84. The fourth-order valence-corrected chi connectivity index (χ4v) is 3.75. The number of rotatable bonds is 6. The Bertz CT molecular complexity index is 1350. The lowest BCUT2D eigenvalue weighted by molar-refractivity contribution is -0.122. The molecule has 1 saturated heterocycles. The van der Waals surface area contributed by atoms with Gasteiger partial charge in [0.1, 0.15) is 18.0 Å². The van der Waals surface area contributed by atoms with E-state index in [-0.39, 0.29) is 28.7 Å². The van der Waals surface area contributed by atoms with Crippen LogP contribution in [0.3, 0.4) is 0 Å². The van der Waals surface area contributed by atoms with Crippen LogP contribution in [0, 0.1) is 12.7 Å². The number of carbonyl (C=O) groups is 3. The van der Waals surface area contributed by atoms with E-state index >= 15 is 0 Å². The molecule has 0 saturated carbocycles. The molecular formula is C26H20ClFN2O5. The molecule has 1 aliphatic heterocycles. The summed E-state index contributed by atoms with van der Waals surface area (Å²) in [7, 11) is 1.40. The number of nitrogens with zero attached hydrogens (tertiary/aromatic N) is 1. The summed E-state index contributed by atoms with van der Waals surface area (Å²) in [4.78, 5) is 38.8. The van der Waals surface area contributed by atoms with E-state index in [9.17, 15) is 18.8 Å². The zero-order valence-electron chi connectivity index (χ0n) is 18.8. The van der Waals surface area contributed by atoms with Gasteiger partial charge in [-0.3, -0.25) is 14.9 Å². The van der Waals surface area contributed by atoms with E-state index in [2.05, 4.69) is 5.32 Å². The van der Waals surface area contributed by atoms with Crippen molar-refractivity contribution in [3.63, 3.8) is 0 Å². The number of hydrogen-bond acceptors (Lipinski definition) is 5. The Morgan fingerprint density at radius 2 is 1.77 bits per heavy atom. The number of hydrogen-bond donors (Lipinski definition) is 1. The van der Waals surface area contributed by atoms with E-state index < -0.39 is 23.7 Å². The number of ether oxygens (including phenoxy) is 2. The van der Waals surface area contributed by atoms with Crippen LogP contribution in [-0.4, -0.2) is 25.0 Å². The van der Waals surface area contributed by atoms with Crippen molar-refractivity contribution in [1.29, 1.82) is 0 Å². The third-order valence-corrected chi connectivity index (χ3v) is 5.57. The van der Waals surface area contributed by atoms with Gasteiger partial charge in [0.25, 0.3) is 11.8 Å². The maximum Gasteiger partial charge on any atom is 0.335 e. The van der Waals surface area contributed by atoms with Gasteiger partial charge in [-0.25, -0.2) is 14.1 Å². The highest BCUT2D eigenvalue weighted by molar-refractivity contribution is 6.39. The van der Waals surface area contributed by atoms with E-state index in [1.807, 2.05) is 6.92 Å². The SMILES string of the molecule is COc1cc(/C=C2\C(=O)NC(=O)N(c3ccc(C)cc3)C2=O)cc(Cl)c1OCc1ccccc1F. The summed E-state index contributed by atoms with van der Waals surface area (Å²) in [6, 6.07) is 15.0. The minimum atomic E-state index is -0.839. The number of aryl methyl sites for hydroxylation is 1. The smallest absolute Gasteiger partial charge is 0.335 e. The number of methoxy groups -OCH3 is 1. The van der Waals surface area contributed by atoms with E-state index in [1.165, 1.54) is 31.4 Å². The quantitative estimate of drug-likeness (QED) is 0.383. The Morgan fingerprint density at radius 3 is 2.46 bits per heavy atom. The lowest BCUT2D eigenvalue weighted by atomic mass is 10.1. The molecule has 178 valence electrons. The molecule has 0 unspecified atom stereocenters. The zero-order chi connectivity index (χ0) is 25.1. The van der Waals surface area contributed by atoms with Crippen molar-refractivity contribution in [3.8, 4) is 11.5 Å². The summed E-state index contributed by atoms with van der Waals surface area (Å²) >= 11 is 6.39. The molecule has 4 amide bonds. The molecule has 0 atom stereocenters. The van der Waals surface area contributed by atoms with Gasteiger partial charge in [-0.15, -0.1) is 0 Å². The van der Waals surface area contributed by atoms with Gasteiger partial charge >= 0.3 is 6.03 Å². The second-order valence-electron chi connectivity index (χ2n) is 7.71. The number of anilines is 1. The fraction of sp³-hybridized carbons (Fsp3) is 0.115. The van der Waals surface area contributed by atoms with Crippen molar-refractivity contribution in [2.24, 2.45) is 0 Å². The largest absolute Gasteiger partial charge is 0.493 e. The highest BCUT2D eigenvalue weighted by Crippen LogP contribution is 2.38. The van der Waals surface area contributed by atoms with Crippen LogP contribution >= 0.6 is 11.6 Å². The number of benzene rings is 3. The number of amides is 4. The summed E-state index contributed by atoms with van der Waals surface area (Å²) in [6.45, 7) is 1.79. The van der Waals surface area contributed by atoms with Gasteiger partial charge in [-0.2, -0.15) is 0 Å². The molecule has 3 aromatic carbocycles. The number of halogens is 2. The van der Waals surface area contributed by atoms with Crippen LogP contribution < -0.4 is 19.7 Å². The van der Waals surface area contributed by atoms with Crippen molar-refractivity contribution in [3.05, 3.63) is 93.8 Å². The van der Waals surface area contributed by atoms with Crippen LogP contribution in [0.15, 0.2) is 66.2 Å². The maximum atomic E-state index is 13.9. The zero-order valence-corrected chi connectivity index (χ0v) is 19.6. The van der Waals surface area contributed by atoms with Crippen molar-refractivity contribution >= 4 is 41.2 Å². The summed E-state index contributed by atoms with van der Waals surface area (Å²) in [5, 5.41) is 2.30. The minimum absolute atomic E-state index is 0.0856. The lowest BCUT2D eigenvalue weighted by Crippen LogP contribution is -2.54. The van der Waals surface area contributed by atoms with Crippen LogP contribution in [-0.2, 0) is 16.2 Å². The number of barbiturate groups is 1. The molecule has 1 aliphatic rings. The Balaban J connectivity index is 1.64. The third kappa shape index (κ3) is 5.02. The van der Waals surface area contributed by atoms with Crippen LogP contribution in [0.25, 0.3) is 6.08 Å². The first-order chi connectivity index (χ1) is 16.8.